The summed E-state index contributed by atoms with van der Waals surface area (Å²) < 4.78 is 4.99. The van der Waals surface area contributed by atoms with Crippen LogP contribution in [0.25, 0.3) is 0 Å². The quantitative estimate of drug-likeness (QED) is 0.423. The number of benzene rings is 2. The molecular formula is C21H18N4O5. The summed E-state index contributed by atoms with van der Waals surface area (Å²) in [6, 6.07) is 15.8. The van der Waals surface area contributed by atoms with Gasteiger partial charge in [0.25, 0.3) is 17.4 Å². The van der Waals surface area contributed by atoms with Gasteiger partial charge in [-0.05, 0) is 42.0 Å². The van der Waals surface area contributed by atoms with Crippen molar-refractivity contribution >= 4 is 23.5 Å². The summed E-state index contributed by atoms with van der Waals surface area (Å²) in [5.74, 6) is -1.01. The highest BCUT2D eigenvalue weighted by atomic mass is 16.5. The molecule has 2 amide bonds. The Balaban J connectivity index is 1.63. The van der Waals surface area contributed by atoms with Crippen molar-refractivity contribution in [2.75, 3.05) is 5.32 Å². The van der Waals surface area contributed by atoms with Gasteiger partial charge in [-0.3, -0.25) is 19.2 Å². The second kappa shape index (κ2) is 9.28. The van der Waals surface area contributed by atoms with Crippen molar-refractivity contribution in [3.8, 4) is 5.75 Å². The number of ether oxygens (including phenoxy) is 1. The van der Waals surface area contributed by atoms with E-state index in [0.29, 0.717) is 11.3 Å². The summed E-state index contributed by atoms with van der Waals surface area (Å²) in [7, 11) is 0. The number of nitrogens with zero attached hydrogens (tertiary/aromatic N) is 1. The van der Waals surface area contributed by atoms with Gasteiger partial charge in [0.2, 0.25) is 0 Å². The van der Waals surface area contributed by atoms with Crippen LogP contribution in [0.4, 0.5) is 5.69 Å². The standard InChI is InChI=1S/C21H18N4O5/c1-13(26)30-17-7-3-5-15(11-17)20(28)23-16-6-2-4-14(10-16)12-22-21(29)18-8-9-19(27)25-24-18/h2-11H,12H2,1H3,(H,22,29)(H,23,28)(H,25,27). The molecule has 3 N–H and O–H groups in total. The lowest BCUT2D eigenvalue weighted by Gasteiger charge is -2.09. The number of rotatable bonds is 6. The van der Waals surface area contributed by atoms with Crippen LogP contribution >= 0.6 is 0 Å². The molecule has 0 bridgehead atoms. The smallest absolute Gasteiger partial charge is 0.308 e. The molecule has 30 heavy (non-hydrogen) atoms. The highest BCUT2D eigenvalue weighted by molar-refractivity contribution is 6.04. The molecule has 152 valence electrons. The van der Waals surface area contributed by atoms with Crippen LogP contribution in [0.1, 0.15) is 33.3 Å². The van der Waals surface area contributed by atoms with Gasteiger partial charge >= 0.3 is 5.97 Å². The van der Waals surface area contributed by atoms with Crippen molar-refractivity contribution in [3.63, 3.8) is 0 Å². The zero-order chi connectivity index (χ0) is 21.5. The van der Waals surface area contributed by atoms with Gasteiger partial charge in [0.1, 0.15) is 11.4 Å². The molecule has 9 heteroatoms. The molecule has 0 spiro atoms. The average molecular weight is 406 g/mol. The second-order valence-electron chi connectivity index (χ2n) is 6.27. The second-order valence-corrected chi connectivity index (χ2v) is 6.27. The molecule has 0 saturated heterocycles. The molecule has 0 unspecified atom stereocenters. The van der Waals surface area contributed by atoms with Crippen molar-refractivity contribution < 1.29 is 19.1 Å². The number of carbonyl (C=O) groups excluding carboxylic acids is 3. The number of amides is 2. The van der Waals surface area contributed by atoms with Crippen molar-refractivity contribution in [2.24, 2.45) is 0 Å². The highest BCUT2D eigenvalue weighted by Crippen LogP contribution is 2.16. The minimum Gasteiger partial charge on any atom is -0.427 e. The molecule has 3 aromatic rings. The van der Waals surface area contributed by atoms with Crippen LogP contribution in [0.2, 0.25) is 0 Å². The fraction of sp³-hybridized carbons (Fsp3) is 0.0952. The zero-order valence-electron chi connectivity index (χ0n) is 16.0. The van der Waals surface area contributed by atoms with E-state index in [2.05, 4.69) is 20.8 Å². The minimum absolute atomic E-state index is 0.0896. The Hall–Kier alpha value is -4.27. The van der Waals surface area contributed by atoms with E-state index >= 15 is 0 Å². The summed E-state index contributed by atoms with van der Waals surface area (Å²) in [5.41, 5.74) is 1.31. The van der Waals surface area contributed by atoms with E-state index in [9.17, 15) is 19.2 Å². The van der Waals surface area contributed by atoms with Crippen molar-refractivity contribution in [2.45, 2.75) is 13.5 Å². The SMILES string of the molecule is CC(=O)Oc1cccc(C(=O)Nc2cccc(CNC(=O)c3ccc(=O)[nH]n3)c2)c1. The number of H-pyrrole nitrogens is 1. The first kappa shape index (κ1) is 20.5. The summed E-state index contributed by atoms with van der Waals surface area (Å²) >= 11 is 0. The maximum absolute atomic E-state index is 12.5. The van der Waals surface area contributed by atoms with Crippen LogP contribution in [-0.2, 0) is 11.3 Å². The van der Waals surface area contributed by atoms with Crippen LogP contribution in [-0.4, -0.2) is 28.0 Å². The van der Waals surface area contributed by atoms with Crippen LogP contribution in [0.15, 0.2) is 65.5 Å². The van der Waals surface area contributed by atoms with Crippen LogP contribution < -0.4 is 20.9 Å². The lowest BCUT2D eigenvalue weighted by Crippen LogP contribution is -2.25. The van der Waals surface area contributed by atoms with Gasteiger partial charge in [0.15, 0.2) is 0 Å². The molecule has 0 saturated carbocycles. The Labute approximate surface area is 171 Å². The molecule has 0 fully saturated rings. The van der Waals surface area contributed by atoms with Crippen molar-refractivity contribution in [1.82, 2.24) is 15.5 Å². The van der Waals surface area contributed by atoms with Gasteiger partial charge in [0.05, 0.1) is 0 Å². The summed E-state index contributed by atoms with van der Waals surface area (Å²) in [6.45, 7) is 1.48. The summed E-state index contributed by atoms with van der Waals surface area (Å²) in [5, 5.41) is 11.3. The number of nitrogens with one attached hydrogen (secondary N) is 3. The molecule has 0 aliphatic rings. The molecule has 0 aliphatic carbocycles. The van der Waals surface area contributed by atoms with Gasteiger partial charge in [-0.2, -0.15) is 5.10 Å². The number of aromatic amines is 1. The van der Waals surface area contributed by atoms with E-state index in [-0.39, 0.29) is 23.9 Å². The van der Waals surface area contributed by atoms with E-state index in [1.807, 2.05) is 0 Å². The van der Waals surface area contributed by atoms with E-state index in [4.69, 9.17) is 4.74 Å². The van der Waals surface area contributed by atoms with Crippen molar-refractivity contribution in [3.05, 3.63) is 87.8 Å². The van der Waals surface area contributed by atoms with E-state index < -0.39 is 17.4 Å². The molecule has 0 aliphatic heterocycles. The molecule has 1 heterocycles. The first-order valence-corrected chi connectivity index (χ1v) is 8.93. The Morgan fingerprint density at radius 1 is 1.00 bits per heavy atom. The zero-order valence-corrected chi connectivity index (χ0v) is 16.0. The predicted octanol–water partition coefficient (Wildman–Crippen LogP) is 1.88. The molecule has 0 atom stereocenters. The number of carbonyl (C=O) groups is 3. The monoisotopic (exact) mass is 406 g/mol. The first-order valence-electron chi connectivity index (χ1n) is 8.93. The van der Waals surface area contributed by atoms with Crippen LogP contribution in [0, 0.1) is 0 Å². The Kier molecular flexibility index (Phi) is 6.33. The van der Waals surface area contributed by atoms with Crippen LogP contribution in [0.5, 0.6) is 5.75 Å². The van der Waals surface area contributed by atoms with E-state index in [0.717, 1.165) is 5.56 Å². The Bertz CT molecular complexity index is 1140. The fourth-order valence-electron chi connectivity index (χ4n) is 2.57. The minimum atomic E-state index is -0.473. The average Bonchev–Trinajstić information content (AvgIpc) is 2.72. The molecule has 0 radical (unpaired) electrons. The first-order chi connectivity index (χ1) is 14.4. The van der Waals surface area contributed by atoms with Gasteiger partial charge < -0.3 is 15.4 Å². The van der Waals surface area contributed by atoms with Gasteiger partial charge in [-0.1, -0.05) is 18.2 Å². The highest BCUT2D eigenvalue weighted by Gasteiger charge is 2.10. The van der Waals surface area contributed by atoms with Crippen LogP contribution in [0.3, 0.4) is 0 Å². The molecule has 3 rings (SSSR count). The number of hydrogen-bond acceptors (Lipinski definition) is 6. The number of hydrogen-bond donors (Lipinski definition) is 3. The fourth-order valence-corrected chi connectivity index (χ4v) is 2.57. The largest absolute Gasteiger partial charge is 0.427 e. The molecule has 9 nitrogen and oxygen atoms in total. The van der Waals surface area contributed by atoms with Gasteiger partial charge in [-0.25, -0.2) is 5.10 Å². The predicted molar refractivity (Wildman–Crippen MR) is 108 cm³/mol. The topological polar surface area (TPSA) is 130 Å². The number of anilines is 1. The lowest BCUT2D eigenvalue weighted by molar-refractivity contribution is -0.131. The van der Waals surface area contributed by atoms with E-state index in [1.165, 1.54) is 25.1 Å². The molecule has 1 aromatic heterocycles. The number of esters is 1. The lowest BCUT2D eigenvalue weighted by atomic mass is 10.1. The maximum atomic E-state index is 12.5. The Morgan fingerprint density at radius 2 is 1.80 bits per heavy atom. The third-order valence-electron chi connectivity index (χ3n) is 3.91. The van der Waals surface area contributed by atoms with E-state index in [1.54, 1.807) is 42.5 Å². The Morgan fingerprint density at radius 3 is 2.53 bits per heavy atom. The molecular weight excluding hydrogens is 388 g/mol. The third-order valence-corrected chi connectivity index (χ3v) is 3.91. The summed E-state index contributed by atoms with van der Waals surface area (Å²) in [4.78, 5) is 46.6. The molecule has 2 aromatic carbocycles. The normalized spacial score (nSPS) is 10.2. The van der Waals surface area contributed by atoms with Gasteiger partial charge in [0, 0.05) is 30.8 Å². The summed E-state index contributed by atoms with van der Waals surface area (Å²) in [6.07, 6.45) is 0. The number of aromatic nitrogens is 2. The van der Waals surface area contributed by atoms with Gasteiger partial charge in [-0.15, -0.1) is 0 Å². The third kappa shape index (κ3) is 5.61. The van der Waals surface area contributed by atoms with Crippen molar-refractivity contribution in [1.29, 1.82) is 0 Å². The maximum Gasteiger partial charge on any atom is 0.308 e.